The van der Waals surface area contributed by atoms with Crippen LogP contribution in [0, 0.1) is 5.92 Å². The summed E-state index contributed by atoms with van der Waals surface area (Å²) in [6.45, 7) is 4.87. The van der Waals surface area contributed by atoms with E-state index in [1.807, 2.05) is 24.3 Å². The van der Waals surface area contributed by atoms with Gasteiger partial charge in [-0.05, 0) is 43.7 Å². The van der Waals surface area contributed by atoms with Gasteiger partial charge in [-0.15, -0.1) is 0 Å². The monoisotopic (exact) mass is 289 g/mol. The first kappa shape index (κ1) is 16.0. The van der Waals surface area contributed by atoms with Crippen molar-refractivity contribution in [3.63, 3.8) is 0 Å². The fraction of sp³-hybridized carbons (Fsp3) is 0.611. The predicted octanol–water partition coefficient (Wildman–Crippen LogP) is 3.93. The Morgan fingerprint density at radius 3 is 2.38 bits per heavy atom. The van der Waals surface area contributed by atoms with Gasteiger partial charge in [0.2, 0.25) is 0 Å². The maximum Gasteiger partial charge on any atom is 0.310 e. The predicted molar refractivity (Wildman–Crippen MR) is 85.4 cm³/mol. The summed E-state index contributed by atoms with van der Waals surface area (Å²) in [7, 11) is 0. The van der Waals surface area contributed by atoms with Gasteiger partial charge in [-0.3, -0.25) is 4.79 Å². The molecule has 0 saturated heterocycles. The lowest BCUT2D eigenvalue weighted by Crippen LogP contribution is -2.34. The van der Waals surface area contributed by atoms with Crippen LogP contribution in [0.3, 0.4) is 0 Å². The first-order valence-corrected chi connectivity index (χ1v) is 8.13. The largest absolute Gasteiger partial charge is 0.481 e. The summed E-state index contributed by atoms with van der Waals surface area (Å²) in [4.78, 5) is 11.0. The van der Waals surface area contributed by atoms with Crippen molar-refractivity contribution in [2.24, 2.45) is 5.92 Å². The molecule has 3 nitrogen and oxygen atoms in total. The van der Waals surface area contributed by atoms with Crippen molar-refractivity contribution in [1.29, 1.82) is 0 Å². The van der Waals surface area contributed by atoms with Crippen molar-refractivity contribution in [3.8, 4) is 0 Å². The summed E-state index contributed by atoms with van der Waals surface area (Å²) in [5.74, 6) is -0.398. The molecule has 0 amide bonds. The van der Waals surface area contributed by atoms with Crippen LogP contribution in [0.1, 0.15) is 63.0 Å². The molecule has 3 heteroatoms. The molecule has 1 aliphatic rings. The van der Waals surface area contributed by atoms with Gasteiger partial charge in [-0.25, -0.2) is 0 Å². The average molecular weight is 289 g/mol. The van der Waals surface area contributed by atoms with Crippen molar-refractivity contribution in [1.82, 2.24) is 5.32 Å². The summed E-state index contributed by atoms with van der Waals surface area (Å²) in [5, 5.41) is 12.6. The first-order chi connectivity index (χ1) is 10.1. The van der Waals surface area contributed by atoms with Gasteiger partial charge < -0.3 is 10.4 Å². The topological polar surface area (TPSA) is 49.3 Å². The molecule has 0 heterocycles. The molecule has 21 heavy (non-hydrogen) atoms. The second kappa shape index (κ2) is 7.60. The Balaban J connectivity index is 1.84. The Labute approximate surface area is 127 Å². The van der Waals surface area contributed by atoms with Crippen LogP contribution in [-0.2, 0) is 11.3 Å². The van der Waals surface area contributed by atoms with Gasteiger partial charge in [-0.1, -0.05) is 43.5 Å². The highest BCUT2D eigenvalue weighted by molar-refractivity contribution is 5.75. The van der Waals surface area contributed by atoms with Crippen LogP contribution in [0.5, 0.6) is 0 Å². The number of nitrogens with one attached hydrogen (secondary N) is 1. The third kappa shape index (κ3) is 4.57. The fourth-order valence-electron chi connectivity index (χ4n) is 3.15. The van der Waals surface area contributed by atoms with Crippen molar-refractivity contribution in [2.75, 3.05) is 0 Å². The van der Waals surface area contributed by atoms with Gasteiger partial charge in [-0.2, -0.15) is 0 Å². The van der Waals surface area contributed by atoms with Crippen molar-refractivity contribution >= 4 is 5.97 Å². The molecule has 1 aliphatic carbocycles. The van der Waals surface area contributed by atoms with Crippen molar-refractivity contribution < 1.29 is 9.90 Å². The standard InChI is InChI=1S/C18H27NO2/c1-13(18(20)21)16-10-8-15(9-11-16)12-19-14(2)17-6-4-3-5-7-17/h8-11,13-14,17,19H,3-7,12H2,1-2H3,(H,20,21). The number of benzene rings is 1. The summed E-state index contributed by atoms with van der Waals surface area (Å²) < 4.78 is 0. The molecule has 0 aromatic heterocycles. The van der Waals surface area contributed by atoms with Gasteiger partial charge in [0.25, 0.3) is 0 Å². The molecular formula is C18H27NO2. The van der Waals surface area contributed by atoms with Crippen molar-refractivity contribution in [3.05, 3.63) is 35.4 Å². The zero-order valence-corrected chi connectivity index (χ0v) is 13.1. The van der Waals surface area contributed by atoms with Crippen LogP contribution in [0.4, 0.5) is 0 Å². The number of carbonyl (C=O) groups is 1. The van der Waals surface area contributed by atoms with Crippen LogP contribution < -0.4 is 5.32 Å². The number of hydrogen-bond donors (Lipinski definition) is 2. The van der Waals surface area contributed by atoms with E-state index in [1.54, 1.807) is 6.92 Å². The Kier molecular flexibility index (Phi) is 5.80. The molecule has 1 fully saturated rings. The van der Waals surface area contributed by atoms with Gasteiger partial charge in [0, 0.05) is 12.6 Å². The summed E-state index contributed by atoms with van der Waals surface area (Å²) in [6.07, 6.45) is 6.84. The Bertz CT molecular complexity index is 449. The highest BCUT2D eigenvalue weighted by Gasteiger charge is 2.19. The van der Waals surface area contributed by atoms with Crippen LogP contribution in [0.15, 0.2) is 24.3 Å². The smallest absolute Gasteiger partial charge is 0.310 e. The molecular weight excluding hydrogens is 262 g/mol. The molecule has 1 saturated carbocycles. The highest BCUT2D eigenvalue weighted by Crippen LogP contribution is 2.26. The van der Waals surface area contributed by atoms with E-state index in [4.69, 9.17) is 5.11 Å². The summed E-state index contributed by atoms with van der Waals surface area (Å²) >= 11 is 0. The Morgan fingerprint density at radius 1 is 1.19 bits per heavy atom. The molecule has 2 atom stereocenters. The molecule has 2 unspecified atom stereocenters. The quantitative estimate of drug-likeness (QED) is 0.834. The molecule has 2 N–H and O–H groups in total. The Morgan fingerprint density at radius 2 is 1.81 bits per heavy atom. The van der Waals surface area contributed by atoms with E-state index >= 15 is 0 Å². The van der Waals surface area contributed by atoms with E-state index in [9.17, 15) is 4.79 Å². The molecule has 1 aromatic carbocycles. The molecule has 0 radical (unpaired) electrons. The second-order valence-electron chi connectivity index (χ2n) is 6.37. The molecule has 0 bridgehead atoms. The zero-order valence-electron chi connectivity index (χ0n) is 13.1. The third-order valence-corrected chi connectivity index (χ3v) is 4.84. The van der Waals surface area contributed by atoms with E-state index in [0.29, 0.717) is 6.04 Å². The number of hydrogen-bond acceptors (Lipinski definition) is 2. The van der Waals surface area contributed by atoms with Gasteiger partial charge >= 0.3 is 5.97 Å². The van der Waals surface area contributed by atoms with Crippen LogP contribution >= 0.6 is 0 Å². The van der Waals surface area contributed by atoms with Crippen LogP contribution in [0.25, 0.3) is 0 Å². The lowest BCUT2D eigenvalue weighted by Gasteiger charge is -2.28. The van der Waals surface area contributed by atoms with E-state index in [2.05, 4.69) is 12.2 Å². The summed E-state index contributed by atoms with van der Waals surface area (Å²) in [6, 6.07) is 8.50. The SMILES string of the molecule is CC(C(=O)O)c1ccc(CNC(C)C2CCCCC2)cc1. The van der Waals surface area contributed by atoms with E-state index < -0.39 is 11.9 Å². The number of rotatable bonds is 6. The minimum Gasteiger partial charge on any atom is -0.481 e. The number of carboxylic acids is 1. The lowest BCUT2D eigenvalue weighted by atomic mass is 9.84. The maximum absolute atomic E-state index is 11.0. The fourth-order valence-corrected chi connectivity index (χ4v) is 3.15. The minimum absolute atomic E-state index is 0.437. The lowest BCUT2D eigenvalue weighted by molar-refractivity contribution is -0.138. The maximum atomic E-state index is 11.0. The zero-order chi connectivity index (χ0) is 15.2. The van der Waals surface area contributed by atoms with Gasteiger partial charge in [0.15, 0.2) is 0 Å². The Hall–Kier alpha value is -1.35. The van der Waals surface area contributed by atoms with Gasteiger partial charge in [0.1, 0.15) is 0 Å². The van der Waals surface area contributed by atoms with E-state index in [-0.39, 0.29) is 0 Å². The van der Waals surface area contributed by atoms with Crippen molar-refractivity contribution in [2.45, 2.75) is 64.5 Å². The molecule has 0 aliphatic heterocycles. The second-order valence-corrected chi connectivity index (χ2v) is 6.37. The third-order valence-electron chi connectivity index (χ3n) is 4.84. The normalized spacial score (nSPS) is 19.1. The highest BCUT2D eigenvalue weighted by atomic mass is 16.4. The van der Waals surface area contributed by atoms with E-state index in [0.717, 1.165) is 18.0 Å². The van der Waals surface area contributed by atoms with E-state index in [1.165, 1.54) is 37.7 Å². The average Bonchev–Trinajstić information content (AvgIpc) is 2.53. The van der Waals surface area contributed by atoms with Crippen LogP contribution in [-0.4, -0.2) is 17.1 Å². The molecule has 1 aromatic rings. The molecule has 0 spiro atoms. The molecule has 2 rings (SSSR count). The number of aliphatic carboxylic acids is 1. The first-order valence-electron chi connectivity index (χ1n) is 8.13. The van der Waals surface area contributed by atoms with Gasteiger partial charge in [0.05, 0.1) is 5.92 Å². The summed E-state index contributed by atoms with van der Waals surface area (Å²) in [5.41, 5.74) is 2.09. The molecule has 116 valence electrons. The minimum atomic E-state index is -0.771. The number of carboxylic acid groups (broad SMARTS) is 1. The van der Waals surface area contributed by atoms with Crippen LogP contribution in [0.2, 0.25) is 0 Å².